The van der Waals surface area contributed by atoms with Gasteiger partial charge in [0.2, 0.25) is 0 Å². The molecule has 0 radical (unpaired) electrons. The first kappa shape index (κ1) is 9.49. The minimum Gasteiger partial charge on any atom is -0.356 e. The second kappa shape index (κ2) is 4.43. The van der Waals surface area contributed by atoms with E-state index in [1.807, 2.05) is 0 Å². The van der Waals surface area contributed by atoms with Crippen LogP contribution in [0.3, 0.4) is 0 Å². The number of hydrogen-bond donors (Lipinski definition) is 0. The van der Waals surface area contributed by atoms with E-state index in [1.54, 1.807) is 14.2 Å². The Kier molecular flexibility index (Phi) is 3.82. The Morgan fingerprint density at radius 2 is 1.91 bits per heavy atom. The first-order chi connectivity index (χ1) is 5.29. The van der Waals surface area contributed by atoms with Crippen LogP contribution in [-0.4, -0.2) is 25.3 Å². The van der Waals surface area contributed by atoms with Crippen LogP contribution in [0.25, 0.3) is 0 Å². The molecule has 1 rings (SSSR count). The van der Waals surface area contributed by atoms with Gasteiger partial charge in [0.05, 0.1) is 0 Å². The summed E-state index contributed by atoms with van der Waals surface area (Å²) in [6.45, 7) is 0. The molecule has 11 heavy (non-hydrogen) atoms. The molecule has 1 aliphatic carbocycles. The van der Waals surface area contributed by atoms with Gasteiger partial charge in [0.25, 0.3) is 0 Å². The molecule has 2 nitrogen and oxygen atoms in total. The molecule has 0 spiro atoms. The first-order valence-corrected chi connectivity index (χ1v) is 4.90. The van der Waals surface area contributed by atoms with Crippen molar-refractivity contribution in [3.63, 3.8) is 0 Å². The average Bonchev–Trinajstić information content (AvgIpc) is 2.40. The number of ether oxygens (including phenoxy) is 2. The van der Waals surface area contributed by atoms with Gasteiger partial charge in [-0.15, -0.1) is 0 Å². The van der Waals surface area contributed by atoms with Crippen LogP contribution in [0.4, 0.5) is 0 Å². The molecule has 2 unspecified atom stereocenters. The van der Waals surface area contributed by atoms with Crippen LogP contribution in [0.5, 0.6) is 0 Å². The third-order valence-corrected chi connectivity index (χ3v) is 3.43. The highest BCUT2D eigenvalue weighted by atomic mass is 79.9. The van der Waals surface area contributed by atoms with E-state index in [0.29, 0.717) is 10.7 Å². The Hall–Kier alpha value is 0.400. The van der Waals surface area contributed by atoms with E-state index in [1.165, 1.54) is 19.3 Å². The maximum absolute atomic E-state index is 5.20. The molecular formula is C8H15BrO2. The lowest BCUT2D eigenvalue weighted by Gasteiger charge is -2.22. The summed E-state index contributed by atoms with van der Waals surface area (Å²) in [4.78, 5) is 0.576. The zero-order chi connectivity index (χ0) is 8.27. The second-order valence-corrected chi connectivity index (χ2v) is 4.13. The van der Waals surface area contributed by atoms with E-state index in [2.05, 4.69) is 15.9 Å². The van der Waals surface area contributed by atoms with Crippen LogP contribution in [0, 0.1) is 5.92 Å². The number of methoxy groups -OCH3 is 2. The zero-order valence-corrected chi connectivity index (χ0v) is 8.63. The predicted molar refractivity (Wildman–Crippen MR) is 47.9 cm³/mol. The minimum atomic E-state index is -0.0260. The standard InChI is InChI=1S/C8H15BrO2/c1-10-8(11-2)6-4-3-5-7(6)9/h6-8H,3-5H2,1-2H3. The van der Waals surface area contributed by atoms with Crippen molar-refractivity contribution in [2.24, 2.45) is 5.92 Å². The fraction of sp³-hybridized carbons (Fsp3) is 1.00. The molecule has 0 saturated heterocycles. The third kappa shape index (κ3) is 2.17. The van der Waals surface area contributed by atoms with E-state index < -0.39 is 0 Å². The summed E-state index contributed by atoms with van der Waals surface area (Å²) in [5, 5.41) is 0. The average molecular weight is 223 g/mol. The fourth-order valence-corrected chi connectivity index (χ4v) is 2.53. The van der Waals surface area contributed by atoms with Crippen molar-refractivity contribution in [1.82, 2.24) is 0 Å². The number of alkyl halides is 1. The van der Waals surface area contributed by atoms with Crippen LogP contribution < -0.4 is 0 Å². The molecule has 0 aromatic rings. The van der Waals surface area contributed by atoms with Gasteiger partial charge in [-0.3, -0.25) is 0 Å². The largest absolute Gasteiger partial charge is 0.356 e. The Morgan fingerprint density at radius 1 is 1.27 bits per heavy atom. The molecule has 0 aromatic heterocycles. The molecule has 3 heteroatoms. The summed E-state index contributed by atoms with van der Waals surface area (Å²) in [5.41, 5.74) is 0. The quantitative estimate of drug-likeness (QED) is 0.539. The molecule has 0 amide bonds. The lowest BCUT2D eigenvalue weighted by Crippen LogP contribution is -2.27. The smallest absolute Gasteiger partial charge is 0.160 e. The van der Waals surface area contributed by atoms with Crippen molar-refractivity contribution in [1.29, 1.82) is 0 Å². The van der Waals surface area contributed by atoms with E-state index in [0.717, 1.165) is 0 Å². The Bertz CT molecular complexity index is 115. The highest BCUT2D eigenvalue weighted by molar-refractivity contribution is 9.09. The number of halogens is 1. The summed E-state index contributed by atoms with van der Waals surface area (Å²) in [5.74, 6) is 0.532. The SMILES string of the molecule is COC(OC)C1CCCC1Br. The third-order valence-electron chi connectivity index (χ3n) is 2.30. The van der Waals surface area contributed by atoms with E-state index in [4.69, 9.17) is 9.47 Å². The van der Waals surface area contributed by atoms with Crippen LogP contribution in [0.1, 0.15) is 19.3 Å². The van der Waals surface area contributed by atoms with Crippen LogP contribution >= 0.6 is 15.9 Å². The normalized spacial score (nSPS) is 31.6. The molecule has 0 bridgehead atoms. The second-order valence-electron chi connectivity index (χ2n) is 2.95. The zero-order valence-electron chi connectivity index (χ0n) is 7.05. The molecular weight excluding hydrogens is 208 g/mol. The summed E-state index contributed by atoms with van der Waals surface area (Å²) in [6, 6.07) is 0. The van der Waals surface area contributed by atoms with Gasteiger partial charge in [-0.2, -0.15) is 0 Å². The van der Waals surface area contributed by atoms with Crippen molar-refractivity contribution < 1.29 is 9.47 Å². The molecule has 1 aliphatic rings. The summed E-state index contributed by atoms with van der Waals surface area (Å²) in [6.07, 6.45) is 3.71. The Labute approximate surface area is 76.4 Å². The molecule has 1 fully saturated rings. The van der Waals surface area contributed by atoms with Gasteiger partial charge in [-0.1, -0.05) is 22.4 Å². The van der Waals surface area contributed by atoms with Gasteiger partial charge in [0.15, 0.2) is 6.29 Å². The lowest BCUT2D eigenvalue weighted by molar-refractivity contribution is -0.133. The summed E-state index contributed by atoms with van der Waals surface area (Å²) in [7, 11) is 3.40. The van der Waals surface area contributed by atoms with Crippen molar-refractivity contribution in [2.45, 2.75) is 30.4 Å². The van der Waals surface area contributed by atoms with Gasteiger partial charge >= 0.3 is 0 Å². The van der Waals surface area contributed by atoms with Crippen LogP contribution in [0.15, 0.2) is 0 Å². The van der Waals surface area contributed by atoms with Crippen molar-refractivity contribution in [2.75, 3.05) is 14.2 Å². The lowest BCUT2D eigenvalue weighted by atomic mass is 10.1. The molecule has 66 valence electrons. The summed E-state index contributed by atoms with van der Waals surface area (Å²) < 4.78 is 10.4. The van der Waals surface area contributed by atoms with Gasteiger partial charge in [-0.05, 0) is 12.8 Å². The van der Waals surface area contributed by atoms with Crippen molar-refractivity contribution in [3.8, 4) is 0 Å². The van der Waals surface area contributed by atoms with E-state index in [-0.39, 0.29) is 6.29 Å². The number of hydrogen-bond acceptors (Lipinski definition) is 2. The Morgan fingerprint density at radius 3 is 2.27 bits per heavy atom. The van der Waals surface area contributed by atoms with Gasteiger partial charge in [0.1, 0.15) is 0 Å². The molecule has 2 atom stereocenters. The highest BCUT2D eigenvalue weighted by Gasteiger charge is 2.32. The van der Waals surface area contributed by atoms with E-state index in [9.17, 15) is 0 Å². The van der Waals surface area contributed by atoms with Crippen molar-refractivity contribution >= 4 is 15.9 Å². The maximum Gasteiger partial charge on any atom is 0.160 e. The monoisotopic (exact) mass is 222 g/mol. The molecule has 0 heterocycles. The maximum atomic E-state index is 5.20. The molecule has 0 aliphatic heterocycles. The molecule has 1 saturated carbocycles. The van der Waals surface area contributed by atoms with Gasteiger partial charge in [-0.25, -0.2) is 0 Å². The van der Waals surface area contributed by atoms with E-state index >= 15 is 0 Å². The summed E-state index contributed by atoms with van der Waals surface area (Å²) >= 11 is 3.63. The van der Waals surface area contributed by atoms with Gasteiger partial charge in [0, 0.05) is 25.0 Å². The Balaban J connectivity index is 2.43. The highest BCUT2D eigenvalue weighted by Crippen LogP contribution is 2.34. The molecule has 0 aromatic carbocycles. The minimum absolute atomic E-state index is 0.0260. The topological polar surface area (TPSA) is 18.5 Å². The predicted octanol–water partition coefficient (Wildman–Crippen LogP) is 2.17. The van der Waals surface area contributed by atoms with Gasteiger partial charge < -0.3 is 9.47 Å². The van der Waals surface area contributed by atoms with Crippen LogP contribution in [0.2, 0.25) is 0 Å². The fourth-order valence-electron chi connectivity index (χ4n) is 1.70. The number of rotatable bonds is 3. The van der Waals surface area contributed by atoms with Crippen molar-refractivity contribution in [3.05, 3.63) is 0 Å². The van der Waals surface area contributed by atoms with Crippen LogP contribution in [-0.2, 0) is 9.47 Å². The molecule has 0 N–H and O–H groups in total. The first-order valence-electron chi connectivity index (χ1n) is 3.99.